The average Bonchev–Trinajstić information content (AvgIpc) is 1.82. The fraction of sp³-hybridized carbons (Fsp3) is 0.557. The van der Waals surface area contributed by atoms with Crippen LogP contribution < -0.4 is 48.3 Å². The number of phenolic OH excluding ortho intramolecular Hbond substituents is 1. The molecule has 31 nitrogen and oxygen atoms in total. The first-order valence-corrected chi connectivity index (χ1v) is 34.3. The first-order chi connectivity index (χ1) is 45.2. The quantitative estimate of drug-likeness (QED) is 0.0187. The number of unbranched alkanes of at least 4 members (excludes halogenated alkanes) is 1. The molecule has 3 fully saturated rings. The molecular weight excluding hydrogens is 1400 g/mol. The van der Waals surface area contributed by atoms with Crippen molar-refractivity contribution in [3.8, 4) is 5.75 Å². The van der Waals surface area contributed by atoms with Crippen LogP contribution in [0.15, 0.2) is 79.0 Å². The van der Waals surface area contributed by atoms with Crippen molar-refractivity contribution in [1.29, 1.82) is 0 Å². The normalized spacial score (nSPS) is 29.9. The SMILES string of the molecule is CC(O)[C@@H]1NC(=O)[C@H](CCCCN)NC(=O)[C@@H](Cc2c[nH]c3ccccc23)NC(=O)[C@H](Cc2ccc(O)c(I)c2)NC(=O)C(NC(=O)C(Cc2ccccc2)NCC2(O)OCC(O)[C@@H](O[C@@H]3OC(CO)[C@@H](O)[C@H](O)C3O)C2O)CSSC[C@@H](C(=O)N[C@H](CO)C(C)O)NC1=O. The van der Waals surface area contributed by atoms with E-state index in [-0.39, 0.29) is 50.2 Å². The molecule has 7 rings (SSSR count). The lowest BCUT2D eigenvalue weighted by atomic mass is 9.95. The van der Waals surface area contributed by atoms with Crippen molar-refractivity contribution >= 4 is 96.4 Å². The highest BCUT2D eigenvalue weighted by molar-refractivity contribution is 14.1. The number of H-pyrrole nitrogens is 1. The molecule has 0 spiro atoms. The molecule has 95 heavy (non-hydrogen) atoms. The molecule has 34 heteroatoms. The molecule has 7 amide bonds. The maximum atomic E-state index is 15.3. The summed E-state index contributed by atoms with van der Waals surface area (Å²) in [4.78, 5) is 106. The van der Waals surface area contributed by atoms with Crippen molar-refractivity contribution in [1.82, 2.24) is 47.5 Å². The molecular formula is C61H85IN10O21S2. The summed E-state index contributed by atoms with van der Waals surface area (Å²) in [6.07, 6.45) is -16.2. The number of aliphatic hydroxyl groups excluding tert-OH is 9. The molecule has 9 unspecified atom stereocenters. The third kappa shape index (κ3) is 20.8. The van der Waals surface area contributed by atoms with Crippen molar-refractivity contribution in [2.75, 3.05) is 44.4 Å². The van der Waals surface area contributed by atoms with Crippen molar-refractivity contribution in [3.05, 3.63) is 99.3 Å². The summed E-state index contributed by atoms with van der Waals surface area (Å²) >= 11 is 1.88. The number of aromatic hydroxyl groups is 1. The van der Waals surface area contributed by atoms with E-state index in [1.165, 1.54) is 26.0 Å². The Labute approximate surface area is 567 Å². The van der Waals surface area contributed by atoms with Crippen molar-refractivity contribution in [2.45, 2.75) is 168 Å². The van der Waals surface area contributed by atoms with Crippen LogP contribution in [0.2, 0.25) is 0 Å². The maximum absolute atomic E-state index is 15.3. The number of nitrogens with one attached hydrogen (secondary N) is 9. The summed E-state index contributed by atoms with van der Waals surface area (Å²) in [5, 5.41) is 140. The number of nitrogens with two attached hydrogens (primary N) is 1. The van der Waals surface area contributed by atoms with Gasteiger partial charge in [0.05, 0.1) is 54.2 Å². The molecule has 1 aromatic heterocycles. The first-order valence-electron chi connectivity index (χ1n) is 30.8. The second kappa shape index (κ2) is 36.1. The van der Waals surface area contributed by atoms with Crippen LogP contribution in [0.25, 0.3) is 10.9 Å². The number of carbonyl (C=O) groups is 7. The van der Waals surface area contributed by atoms with Crippen LogP contribution in [0.5, 0.6) is 5.75 Å². The minimum atomic E-state index is -2.72. The van der Waals surface area contributed by atoms with E-state index >= 15 is 14.4 Å². The Morgan fingerprint density at radius 3 is 2.13 bits per heavy atom. The van der Waals surface area contributed by atoms with Gasteiger partial charge in [-0.15, -0.1) is 0 Å². The molecule has 4 aromatic rings. The number of hydrogen-bond donors (Lipinski definition) is 21. The standard InChI is InChI=1S/C61H85IN10O21S2/c1-29(75)41(23-73)69-58(88)43-27-95-94-26-42(70-54(84)38(19-31-10-4-3-5-11-31)65-28-61(90)52(82)51(45(78)25-91-61)93-60-50(81)49(80)48(79)46(24-74)92-60)57(87)67-39(20-32-15-16-44(77)35(62)18-32)55(85)68-40(21-33-22-64-36-13-7-6-12-34(33)36)56(86)66-37(14-8-9-17-63)53(83)72-47(30(2)76)59(89)71-43/h3-7,10-13,15-16,18,22,29-30,37-43,45-52,60,64-65,73-82,90H,8-9,14,17,19-21,23-28,63H2,1-2H3,(H,66,86)(H,67,87)(H,68,85)(H,69,88)(H,70,84)(H,71,89)(H,72,83)/t29?,30?,37-,38?,39-,40+,41+,42?,43-,45?,46?,47-,48+,49-,50?,51+,52?,60-,61?/m0/s1. The smallest absolute Gasteiger partial charge is 0.245 e. The van der Waals surface area contributed by atoms with Gasteiger partial charge >= 0.3 is 0 Å². The van der Waals surface area contributed by atoms with Gasteiger partial charge in [0.2, 0.25) is 47.1 Å². The Balaban J connectivity index is 1.27. The van der Waals surface area contributed by atoms with Gasteiger partial charge in [-0.25, -0.2) is 0 Å². The Morgan fingerprint density at radius 1 is 0.789 bits per heavy atom. The van der Waals surface area contributed by atoms with Gasteiger partial charge in [0.25, 0.3) is 0 Å². The van der Waals surface area contributed by atoms with Crippen molar-refractivity contribution in [2.24, 2.45) is 5.73 Å². The van der Waals surface area contributed by atoms with E-state index in [0.29, 0.717) is 37.6 Å². The van der Waals surface area contributed by atoms with Crippen molar-refractivity contribution in [3.63, 3.8) is 0 Å². The number of carbonyl (C=O) groups excluding carboxylic acids is 7. The lowest BCUT2D eigenvalue weighted by Gasteiger charge is -2.47. The van der Waals surface area contributed by atoms with Gasteiger partial charge in [-0.2, -0.15) is 0 Å². The minimum absolute atomic E-state index is 0.0604. The molecule has 3 saturated heterocycles. The van der Waals surface area contributed by atoms with Crippen LogP contribution >= 0.6 is 44.2 Å². The highest BCUT2D eigenvalue weighted by atomic mass is 127. The van der Waals surface area contributed by atoms with Gasteiger partial charge in [-0.3, -0.25) is 33.6 Å². The Kier molecular flexibility index (Phi) is 29.1. The van der Waals surface area contributed by atoms with Crippen LogP contribution in [-0.4, -0.2) is 262 Å². The number of ether oxygens (including phenoxy) is 3. The number of fused-ring (bicyclic) bond motifs is 1. The Morgan fingerprint density at radius 2 is 1.45 bits per heavy atom. The van der Waals surface area contributed by atoms with E-state index in [1.807, 2.05) is 22.6 Å². The number of rotatable bonds is 23. The number of phenols is 1. The Bertz CT molecular complexity index is 3220. The number of aromatic nitrogens is 1. The van der Waals surface area contributed by atoms with Gasteiger partial charge in [-0.05, 0) is 104 Å². The number of para-hydroxylation sites is 1. The topological polar surface area (TPSA) is 508 Å². The lowest BCUT2D eigenvalue weighted by molar-refractivity contribution is -0.367. The fourth-order valence-electron chi connectivity index (χ4n) is 10.7. The summed E-state index contributed by atoms with van der Waals surface area (Å²) in [5.74, 6) is -10.3. The first kappa shape index (κ1) is 76.5. The van der Waals surface area contributed by atoms with Crippen LogP contribution in [0.4, 0.5) is 0 Å². The molecule has 0 radical (unpaired) electrons. The third-order valence-corrected chi connectivity index (χ3v) is 19.7. The van der Waals surface area contributed by atoms with E-state index in [0.717, 1.165) is 21.6 Å². The summed E-state index contributed by atoms with van der Waals surface area (Å²) in [6.45, 7) is -0.430. The second-order valence-corrected chi connectivity index (χ2v) is 27.3. The van der Waals surface area contributed by atoms with Gasteiger partial charge in [0, 0.05) is 41.4 Å². The third-order valence-electron chi connectivity index (χ3n) is 16.4. The average molecular weight is 1490 g/mol. The molecule has 0 bridgehead atoms. The summed E-state index contributed by atoms with van der Waals surface area (Å²) in [7, 11) is 1.77. The van der Waals surface area contributed by atoms with Crippen LogP contribution in [0.3, 0.4) is 0 Å². The monoisotopic (exact) mass is 1480 g/mol. The number of aliphatic hydroxyl groups is 10. The van der Waals surface area contributed by atoms with E-state index < -0.39 is 189 Å². The zero-order valence-corrected chi connectivity index (χ0v) is 55.7. The van der Waals surface area contributed by atoms with Crippen molar-refractivity contribution < 1.29 is 104 Å². The molecule has 3 aliphatic rings. The summed E-state index contributed by atoms with van der Waals surface area (Å²) in [6, 6.07) is 7.66. The predicted octanol–water partition coefficient (Wildman–Crippen LogP) is -5.24. The highest BCUT2D eigenvalue weighted by Crippen LogP contribution is 2.31. The number of benzene rings is 3. The van der Waals surface area contributed by atoms with Gasteiger partial charge in [0.15, 0.2) is 6.29 Å². The predicted molar refractivity (Wildman–Crippen MR) is 352 cm³/mol. The van der Waals surface area contributed by atoms with E-state index in [9.17, 15) is 75.3 Å². The van der Waals surface area contributed by atoms with Crippen LogP contribution in [-0.2, 0) is 67.0 Å². The zero-order chi connectivity index (χ0) is 69.3. The van der Waals surface area contributed by atoms with Gasteiger partial charge < -0.3 is 124 Å². The zero-order valence-electron chi connectivity index (χ0n) is 51.9. The molecule has 4 heterocycles. The Hall–Kier alpha value is -5.88. The number of aromatic amines is 1. The molecule has 22 N–H and O–H groups in total. The molecule has 524 valence electrons. The number of amides is 7. The molecule has 3 aliphatic heterocycles. The fourth-order valence-corrected chi connectivity index (χ4v) is 13.6. The van der Waals surface area contributed by atoms with E-state index in [4.69, 9.17) is 19.9 Å². The van der Waals surface area contributed by atoms with Crippen LogP contribution in [0, 0.1) is 3.57 Å². The van der Waals surface area contributed by atoms with Gasteiger partial charge in [-0.1, -0.05) is 76.2 Å². The van der Waals surface area contributed by atoms with E-state index in [2.05, 4.69) is 47.5 Å². The molecule has 19 atom stereocenters. The second-order valence-electron chi connectivity index (χ2n) is 23.6. The van der Waals surface area contributed by atoms with Crippen LogP contribution in [0.1, 0.15) is 49.8 Å². The number of halogens is 1. The summed E-state index contributed by atoms with van der Waals surface area (Å²) in [5.41, 5.74) is 7.99. The largest absolute Gasteiger partial charge is 0.507 e. The highest BCUT2D eigenvalue weighted by Gasteiger charge is 2.53. The lowest BCUT2D eigenvalue weighted by Crippen LogP contribution is -2.68. The van der Waals surface area contributed by atoms with Gasteiger partial charge in [0.1, 0.15) is 84.7 Å². The molecule has 0 saturated carbocycles. The molecule has 3 aromatic carbocycles. The van der Waals surface area contributed by atoms with E-state index in [1.54, 1.807) is 66.9 Å². The summed E-state index contributed by atoms with van der Waals surface area (Å²) < 4.78 is 17.0. The maximum Gasteiger partial charge on any atom is 0.245 e. The minimum Gasteiger partial charge on any atom is -0.507 e. The molecule has 0 aliphatic carbocycles. The number of hydrogen-bond acceptors (Lipinski definition) is 25.